The average Bonchev–Trinajstić information content (AvgIpc) is 3.96. The molecule has 8 rings (SSSR count). The zero-order chi connectivity index (χ0) is 41.7. The van der Waals surface area contributed by atoms with Gasteiger partial charge in [0.05, 0.1) is 28.0 Å². The lowest BCUT2D eigenvalue weighted by Crippen LogP contribution is -2.35. The number of anilines is 2. The van der Waals surface area contributed by atoms with Crippen molar-refractivity contribution >= 4 is 76.7 Å². The van der Waals surface area contributed by atoms with Gasteiger partial charge in [0.15, 0.2) is 0 Å². The number of aryl methyl sites for hydroxylation is 2. The second kappa shape index (κ2) is 17.8. The Morgan fingerprint density at radius 2 is 1.39 bits per heavy atom. The summed E-state index contributed by atoms with van der Waals surface area (Å²) in [7, 11) is -6.03. The van der Waals surface area contributed by atoms with E-state index in [9.17, 15) is 26.4 Å². The number of aromatic nitrogens is 10. The zero-order valence-corrected chi connectivity index (χ0v) is 34.8. The fourth-order valence-electron chi connectivity index (χ4n) is 7.51. The lowest BCUT2D eigenvalue weighted by atomic mass is 9.86. The van der Waals surface area contributed by atoms with Crippen LogP contribution in [0.15, 0.2) is 43.2 Å². The normalized spacial score (nSPS) is 16.5. The van der Waals surface area contributed by atoms with E-state index in [0.29, 0.717) is 61.8 Å². The molecule has 59 heavy (non-hydrogen) atoms. The van der Waals surface area contributed by atoms with Crippen LogP contribution < -0.4 is 16.0 Å². The van der Waals surface area contributed by atoms with Crippen molar-refractivity contribution < 1.29 is 26.4 Å². The second-order valence-corrected chi connectivity index (χ2v) is 19.7. The Morgan fingerprint density at radius 3 is 1.97 bits per heavy atom. The van der Waals surface area contributed by atoms with E-state index in [2.05, 4.69) is 61.4 Å². The van der Waals surface area contributed by atoms with Crippen LogP contribution in [0.1, 0.15) is 48.2 Å². The van der Waals surface area contributed by atoms with Crippen molar-refractivity contribution in [1.82, 2.24) is 60.7 Å². The molecule has 2 aliphatic carbocycles. The third-order valence-corrected chi connectivity index (χ3v) is 12.7. The van der Waals surface area contributed by atoms with Gasteiger partial charge in [0.1, 0.15) is 60.9 Å². The van der Waals surface area contributed by atoms with Gasteiger partial charge in [-0.1, -0.05) is 17.7 Å². The molecule has 2 aliphatic rings. The van der Waals surface area contributed by atoms with E-state index in [1.807, 2.05) is 24.3 Å². The number of nitrogens with one attached hydrogen (secondary N) is 5. The topological polar surface area (TPSA) is 265 Å². The average molecular weight is 866 g/mol. The summed E-state index contributed by atoms with van der Waals surface area (Å²) in [5.74, 6) is 0.344. The molecule has 0 radical (unpaired) electrons. The molecule has 5 N–H and O–H groups in total. The van der Waals surface area contributed by atoms with Gasteiger partial charge in [-0.25, -0.2) is 41.5 Å². The van der Waals surface area contributed by atoms with Crippen LogP contribution in [0.2, 0.25) is 5.15 Å². The Labute approximate surface area is 344 Å². The molecule has 0 aliphatic heterocycles. The third kappa shape index (κ3) is 10.4. The van der Waals surface area contributed by atoms with E-state index in [1.54, 1.807) is 4.68 Å². The molecule has 0 fully saturated rings. The third-order valence-electron chi connectivity index (χ3n) is 10.4. The molecule has 0 bridgehead atoms. The van der Waals surface area contributed by atoms with Crippen molar-refractivity contribution in [2.75, 3.05) is 42.4 Å². The summed E-state index contributed by atoms with van der Waals surface area (Å²) >= 11 is 6.18. The van der Waals surface area contributed by atoms with Crippen LogP contribution in [0.4, 0.5) is 11.5 Å². The minimum atomic E-state index is -3.04. The number of hydrogen-bond donors (Lipinski definition) is 5. The van der Waals surface area contributed by atoms with E-state index in [4.69, 9.17) is 11.6 Å². The first-order valence-electron chi connectivity index (χ1n) is 19.1. The Balaban J connectivity index is 0.000000192. The smallest absolute Gasteiger partial charge is 0.223 e. The summed E-state index contributed by atoms with van der Waals surface area (Å²) in [5.41, 5.74) is 7.20. The van der Waals surface area contributed by atoms with Gasteiger partial charge in [-0.05, 0) is 91.1 Å². The van der Waals surface area contributed by atoms with E-state index in [-0.39, 0.29) is 35.2 Å². The van der Waals surface area contributed by atoms with Crippen molar-refractivity contribution in [3.8, 4) is 5.69 Å². The highest BCUT2D eigenvalue weighted by Crippen LogP contribution is 2.36. The lowest BCUT2D eigenvalue weighted by Gasteiger charge is -2.22. The van der Waals surface area contributed by atoms with Gasteiger partial charge in [-0.3, -0.25) is 9.59 Å². The highest BCUT2D eigenvalue weighted by molar-refractivity contribution is 7.90. The summed E-state index contributed by atoms with van der Waals surface area (Å²) in [5, 5.41) is 22.4. The minimum Gasteiger partial charge on any atom is -0.356 e. The van der Waals surface area contributed by atoms with Crippen LogP contribution in [0, 0.1) is 11.8 Å². The van der Waals surface area contributed by atoms with E-state index >= 15 is 0 Å². The van der Waals surface area contributed by atoms with Crippen molar-refractivity contribution in [3.63, 3.8) is 0 Å². The number of carbonyl (C=O) groups is 2. The fraction of sp³-hybridized carbons (Fsp3) is 0.432. The first-order chi connectivity index (χ1) is 28.2. The largest absolute Gasteiger partial charge is 0.356 e. The lowest BCUT2D eigenvalue weighted by molar-refractivity contribution is -0.126. The maximum absolute atomic E-state index is 12.8. The van der Waals surface area contributed by atoms with Gasteiger partial charge in [0, 0.05) is 54.5 Å². The number of hydrogen-bond acceptors (Lipinski definition) is 14. The van der Waals surface area contributed by atoms with Gasteiger partial charge in [-0.2, -0.15) is 0 Å². The summed E-state index contributed by atoms with van der Waals surface area (Å²) in [6, 6.07) is 7.63. The van der Waals surface area contributed by atoms with Crippen molar-refractivity contribution in [2.24, 2.45) is 11.8 Å². The fourth-order valence-corrected chi connectivity index (χ4v) is 9.09. The molecule has 1 aromatic carbocycles. The number of benzene rings is 1. The highest BCUT2D eigenvalue weighted by Gasteiger charge is 2.30. The molecule has 0 saturated heterocycles. The van der Waals surface area contributed by atoms with Crippen LogP contribution >= 0.6 is 11.6 Å². The summed E-state index contributed by atoms with van der Waals surface area (Å²) in [6.45, 7) is 0.712. The quantitative estimate of drug-likeness (QED) is 0.0826. The molecule has 5 aromatic heterocycles. The number of fused-ring (bicyclic) bond motifs is 6. The van der Waals surface area contributed by atoms with Crippen LogP contribution in [-0.2, 0) is 54.9 Å². The maximum atomic E-state index is 12.8. The number of sulfone groups is 2. The summed E-state index contributed by atoms with van der Waals surface area (Å²) < 4.78 is 46.4. The number of amides is 2. The number of H-pyrrole nitrogens is 2. The van der Waals surface area contributed by atoms with E-state index < -0.39 is 19.7 Å². The molecule has 2 atom stereocenters. The second-order valence-electron chi connectivity index (χ2n) is 14.9. The molecular weight excluding hydrogens is 822 g/mol. The number of rotatable bonds is 13. The summed E-state index contributed by atoms with van der Waals surface area (Å²) in [4.78, 5) is 48.9. The minimum absolute atomic E-state index is 0.0449. The van der Waals surface area contributed by atoms with Gasteiger partial charge in [0.2, 0.25) is 11.8 Å². The van der Waals surface area contributed by atoms with Gasteiger partial charge >= 0.3 is 0 Å². The molecule has 5 heterocycles. The van der Waals surface area contributed by atoms with Crippen molar-refractivity contribution in [2.45, 2.75) is 51.4 Å². The van der Waals surface area contributed by atoms with Crippen LogP contribution in [-0.4, -0.2) is 116 Å². The molecule has 2 amide bonds. The number of carbonyl (C=O) groups excluding carboxylic acids is 2. The molecular formula is C37H44ClN13O6S2. The molecule has 0 spiro atoms. The number of halogens is 1. The molecule has 0 saturated carbocycles. The molecule has 19 nitrogen and oxygen atoms in total. The summed E-state index contributed by atoms with van der Waals surface area (Å²) in [6.07, 6.45) is 11.7. The van der Waals surface area contributed by atoms with Crippen LogP contribution in [0.5, 0.6) is 0 Å². The predicted octanol–water partition coefficient (Wildman–Crippen LogP) is 2.60. The molecule has 6 aromatic rings. The Morgan fingerprint density at radius 1 is 0.814 bits per heavy atom. The highest BCUT2D eigenvalue weighted by atomic mass is 35.5. The maximum Gasteiger partial charge on any atom is 0.223 e. The SMILES string of the molecule is CS(=O)(=O)CCCNC(=O)C1CCc2[nH]c3ncnc(Cl)c3c2C1.CS(=O)(=O)CCCNC(=O)C1CCc2[nH]c3ncnc(Nc4cccc(-n5cnnn5)c4)c3c2C1. The van der Waals surface area contributed by atoms with Gasteiger partial charge in [-0.15, -0.1) is 5.10 Å². The Hall–Kier alpha value is -5.54. The molecule has 22 heteroatoms. The monoisotopic (exact) mass is 865 g/mol. The van der Waals surface area contributed by atoms with Crippen molar-refractivity contribution in [1.29, 1.82) is 0 Å². The van der Waals surface area contributed by atoms with E-state index in [0.717, 1.165) is 69.6 Å². The number of nitrogens with zero attached hydrogens (tertiary/aromatic N) is 8. The van der Waals surface area contributed by atoms with Gasteiger partial charge in [0.25, 0.3) is 0 Å². The first kappa shape index (κ1) is 41.6. The van der Waals surface area contributed by atoms with Crippen LogP contribution in [0.3, 0.4) is 0 Å². The standard InChI is InChI=1S/C22H25N9O3S.C15H19ClN4O3S/c1-35(33,34)9-3-8-23-22(32)14-6-7-18-17(10-14)19-20(24-12-25-21(19)28-18)27-15-4-2-5-16(11-15)31-13-26-29-30-31;1-24(22,23)6-2-5-17-15(21)9-3-4-11-10(7-9)12-13(16)18-8-19-14(12)20-11/h2,4-5,11-14H,3,6-10H2,1H3,(H,23,32)(H2,24,25,27,28);8-9H,2-7H2,1H3,(H,17,21)(H,18,19,20). The van der Waals surface area contributed by atoms with E-state index in [1.165, 1.54) is 31.5 Å². The number of tetrazole rings is 1. The first-order valence-corrected chi connectivity index (χ1v) is 23.6. The zero-order valence-electron chi connectivity index (χ0n) is 32.4. The molecule has 312 valence electrons. The predicted molar refractivity (Wildman–Crippen MR) is 221 cm³/mol. The van der Waals surface area contributed by atoms with Crippen molar-refractivity contribution in [3.05, 3.63) is 70.9 Å². The molecule has 2 unspecified atom stereocenters. The number of aromatic amines is 2. The van der Waals surface area contributed by atoms with Crippen LogP contribution in [0.25, 0.3) is 27.8 Å². The van der Waals surface area contributed by atoms with Gasteiger partial charge < -0.3 is 25.9 Å². The Kier molecular flexibility index (Phi) is 12.5. The Bertz CT molecular complexity index is 2700.